The van der Waals surface area contributed by atoms with Crippen molar-refractivity contribution in [1.29, 1.82) is 0 Å². The van der Waals surface area contributed by atoms with Crippen molar-refractivity contribution in [3.05, 3.63) is 24.3 Å². The van der Waals surface area contributed by atoms with Crippen LogP contribution in [0.25, 0.3) is 0 Å². The SMILES string of the molecule is CC(C)(C)N/N=C/c1cnccn1. The van der Waals surface area contributed by atoms with E-state index in [1.807, 2.05) is 20.8 Å². The van der Waals surface area contributed by atoms with E-state index in [-0.39, 0.29) is 5.54 Å². The van der Waals surface area contributed by atoms with Gasteiger partial charge in [-0.15, -0.1) is 0 Å². The van der Waals surface area contributed by atoms with Crippen LogP contribution in [0, 0.1) is 0 Å². The summed E-state index contributed by atoms with van der Waals surface area (Å²) in [5.41, 5.74) is 3.71. The molecule has 1 heterocycles. The number of aromatic nitrogens is 2. The smallest absolute Gasteiger partial charge is 0.101 e. The second-order valence-electron chi connectivity index (χ2n) is 3.75. The Morgan fingerprint density at radius 3 is 2.69 bits per heavy atom. The van der Waals surface area contributed by atoms with Gasteiger partial charge < -0.3 is 5.43 Å². The van der Waals surface area contributed by atoms with Crippen LogP contribution in [0.1, 0.15) is 26.5 Å². The molecule has 0 spiro atoms. The first-order valence-corrected chi connectivity index (χ1v) is 4.14. The van der Waals surface area contributed by atoms with Gasteiger partial charge in [0.25, 0.3) is 0 Å². The van der Waals surface area contributed by atoms with Crippen molar-refractivity contribution in [1.82, 2.24) is 15.4 Å². The normalized spacial score (nSPS) is 11.9. The van der Waals surface area contributed by atoms with Crippen LogP contribution in [0.4, 0.5) is 0 Å². The van der Waals surface area contributed by atoms with Crippen LogP contribution in [0.3, 0.4) is 0 Å². The molecule has 0 aliphatic carbocycles. The van der Waals surface area contributed by atoms with Crippen molar-refractivity contribution in [3.63, 3.8) is 0 Å². The molecule has 0 aromatic carbocycles. The highest BCUT2D eigenvalue weighted by Gasteiger charge is 2.05. The van der Waals surface area contributed by atoms with Gasteiger partial charge in [-0.3, -0.25) is 9.97 Å². The van der Waals surface area contributed by atoms with E-state index in [4.69, 9.17) is 0 Å². The maximum atomic E-state index is 4.05. The Labute approximate surface area is 78.1 Å². The lowest BCUT2D eigenvalue weighted by atomic mass is 10.1. The molecular formula is C9H14N4. The Bertz CT molecular complexity index is 273. The highest BCUT2D eigenvalue weighted by atomic mass is 15.3. The summed E-state index contributed by atoms with van der Waals surface area (Å²) < 4.78 is 0. The molecule has 0 bridgehead atoms. The first kappa shape index (κ1) is 9.64. The zero-order valence-corrected chi connectivity index (χ0v) is 8.15. The molecule has 4 heteroatoms. The van der Waals surface area contributed by atoms with Gasteiger partial charge in [0, 0.05) is 17.9 Å². The summed E-state index contributed by atoms with van der Waals surface area (Å²) >= 11 is 0. The molecule has 0 aliphatic heterocycles. The molecule has 0 aliphatic rings. The number of hydrazone groups is 1. The molecule has 1 N–H and O–H groups in total. The van der Waals surface area contributed by atoms with Crippen molar-refractivity contribution in [3.8, 4) is 0 Å². The van der Waals surface area contributed by atoms with E-state index >= 15 is 0 Å². The molecule has 1 aromatic heterocycles. The number of rotatable bonds is 2. The maximum Gasteiger partial charge on any atom is 0.101 e. The van der Waals surface area contributed by atoms with E-state index in [1.165, 1.54) is 0 Å². The molecule has 1 rings (SSSR count). The van der Waals surface area contributed by atoms with Gasteiger partial charge in [0.2, 0.25) is 0 Å². The maximum absolute atomic E-state index is 4.05. The molecule has 13 heavy (non-hydrogen) atoms. The molecule has 1 aromatic rings. The summed E-state index contributed by atoms with van der Waals surface area (Å²) in [6.07, 6.45) is 6.58. The van der Waals surface area contributed by atoms with Crippen LogP contribution in [0.15, 0.2) is 23.7 Å². The van der Waals surface area contributed by atoms with Gasteiger partial charge in [-0.1, -0.05) is 0 Å². The number of hydrogen-bond donors (Lipinski definition) is 1. The average molecular weight is 178 g/mol. The second-order valence-corrected chi connectivity index (χ2v) is 3.75. The fraction of sp³-hybridized carbons (Fsp3) is 0.444. The minimum Gasteiger partial charge on any atom is -0.305 e. The van der Waals surface area contributed by atoms with E-state index in [9.17, 15) is 0 Å². The molecule has 0 fully saturated rings. The third-order valence-corrected chi connectivity index (χ3v) is 1.18. The van der Waals surface area contributed by atoms with Crippen LogP contribution in [0.2, 0.25) is 0 Å². The number of nitrogens with one attached hydrogen (secondary N) is 1. The topological polar surface area (TPSA) is 50.2 Å². The highest BCUT2D eigenvalue weighted by Crippen LogP contribution is 1.97. The summed E-state index contributed by atoms with van der Waals surface area (Å²) in [6.45, 7) is 6.13. The molecule has 0 saturated carbocycles. The zero-order chi connectivity index (χ0) is 9.73. The summed E-state index contributed by atoms with van der Waals surface area (Å²) in [6, 6.07) is 0. The molecule has 4 nitrogen and oxygen atoms in total. The van der Waals surface area contributed by atoms with Crippen LogP contribution in [0.5, 0.6) is 0 Å². The summed E-state index contributed by atoms with van der Waals surface area (Å²) in [5.74, 6) is 0. The van der Waals surface area contributed by atoms with Crippen LogP contribution in [-0.2, 0) is 0 Å². The van der Waals surface area contributed by atoms with E-state index in [0.717, 1.165) is 5.69 Å². The Balaban J connectivity index is 2.51. The van der Waals surface area contributed by atoms with Crippen LogP contribution < -0.4 is 5.43 Å². The minimum atomic E-state index is -0.0152. The lowest BCUT2D eigenvalue weighted by Gasteiger charge is -2.16. The van der Waals surface area contributed by atoms with Crippen molar-refractivity contribution < 1.29 is 0 Å². The van der Waals surface area contributed by atoms with Gasteiger partial charge in [0.1, 0.15) is 5.69 Å². The van der Waals surface area contributed by atoms with E-state index in [0.29, 0.717) is 0 Å². The standard InChI is InChI=1S/C9H14N4/c1-9(2,3)13-12-7-8-6-10-4-5-11-8/h4-7,13H,1-3H3/b12-7+. The van der Waals surface area contributed by atoms with Gasteiger partial charge in [0.05, 0.1) is 12.4 Å². The van der Waals surface area contributed by atoms with Crippen molar-refractivity contribution in [2.45, 2.75) is 26.3 Å². The third-order valence-electron chi connectivity index (χ3n) is 1.18. The average Bonchev–Trinajstić information content (AvgIpc) is 2.04. The summed E-state index contributed by atoms with van der Waals surface area (Å²) in [4.78, 5) is 7.96. The van der Waals surface area contributed by atoms with E-state index in [2.05, 4.69) is 20.5 Å². The van der Waals surface area contributed by atoms with Gasteiger partial charge in [-0.05, 0) is 20.8 Å². The second kappa shape index (κ2) is 3.98. The van der Waals surface area contributed by atoms with Gasteiger partial charge in [-0.2, -0.15) is 5.10 Å². The lowest BCUT2D eigenvalue weighted by Crippen LogP contribution is -2.31. The Hall–Kier alpha value is -1.45. The van der Waals surface area contributed by atoms with Crippen molar-refractivity contribution >= 4 is 6.21 Å². The molecule has 0 radical (unpaired) electrons. The molecule has 0 saturated heterocycles. The quantitative estimate of drug-likeness (QED) is 0.547. The minimum absolute atomic E-state index is 0.0152. The van der Waals surface area contributed by atoms with E-state index < -0.39 is 0 Å². The summed E-state index contributed by atoms with van der Waals surface area (Å²) in [5, 5.41) is 4.04. The molecule has 0 atom stereocenters. The Kier molecular flexibility index (Phi) is 2.95. The lowest BCUT2D eigenvalue weighted by molar-refractivity contribution is 0.442. The Morgan fingerprint density at radius 2 is 2.15 bits per heavy atom. The number of nitrogens with zero attached hydrogens (tertiary/aromatic N) is 3. The predicted octanol–water partition coefficient (Wildman–Crippen LogP) is 1.20. The first-order valence-electron chi connectivity index (χ1n) is 4.14. The third kappa shape index (κ3) is 4.20. The fourth-order valence-corrected chi connectivity index (χ4v) is 0.669. The Morgan fingerprint density at radius 1 is 1.38 bits per heavy atom. The van der Waals surface area contributed by atoms with Gasteiger partial charge in [-0.25, -0.2) is 0 Å². The largest absolute Gasteiger partial charge is 0.305 e. The molecule has 70 valence electrons. The highest BCUT2D eigenvalue weighted by molar-refractivity contribution is 5.75. The number of hydrogen-bond acceptors (Lipinski definition) is 4. The van der Waals surface area contributed by atoms with Gasteiger partial charge >= 0.3 is 0 Å². The van der Waals surface area contributed by atoms with Crippen molar-refractivity contribution in [2.75, 3.05) is 0 Å². The fourth-order valence-electron chi connectivity index (χ4n) is 0.669. The predicted molar refractivity (Wildman–Crippen MR) is 52.5 cm³/mol. The molecule has 0 amide bonds. The molecular weight excluding hydrogens is 164 g/mol. The summed E-state index contributed by atoms with van der Waals surface area (Å²) in [7, 11) is 0. The zero-order valence-electron chi connectivity index (χ0n) is 8.15. The first-order chi connectivity index (χ1) is 6.08. The van der Waals surface area contributed by atoms with Crippen LogP contribution >= 0.6 is 0 Å². The van der Waals surface area contributed by atoms with Crippen LogP contribution in [-0.4, -0.2) is 21.7 Å². The van der Waals surface area contributed by atoms with Gasteiger partial charge in [0.15, 0.2) is 0 Å². The monoisotopic (exact) mass is 178 g/mol. The molecule has 0 unspecified atom stereocenters. The van der Waals surface area contributed by atoms with Crippen molar-refractivity contribution in [2.24, 2.45) is 5.10 Å². The van der Waals surface area contributed by atoms with E-state index in [1.54, 1.807) is 24.8 Å².